The van der Waals surface area contributed by atoms with E-state index in [9.17, 15) is 0 Å². The van der Waals surface area contributed by atoms with Gasteiger partial charge in [-0.05, 0) is 23.6 Å². The Morgan fingerprint density at radius 3 is 2.39 bits per heavy atom. The van der Waals surface area contributed by atoms with E-state index in [0.717, 1.165) is 5.56 Å². The molecule has 1 aromatic carbocycles. The standard InChI is InChI=1S/C14H20N2O2/c1-10(2)12(8-15)16-9-11-5-6-13(17-3)14(7-11)18-4/h5-7,10,12,16H,9H2,1-4H3. The molecule has 98 valence electrons. The summed E-state index contributed by atoms with van der Waals surface area (Å²) < 4.78 is 10.4. The van der Waals surface area contributed by atoms with Gasteiger partial charge in [0, 0.05) is 6.54 Å². The Balaban J connectivity index is 2.71. The highest BCUT2D eigenvalue weighted by atomic mass is 16.5. The summed E-state index contributed by atoms with van der Waals surface area (Å²) in [6.45, 7) is 4.68. The number of benzene rings is 1. The third-order valence-electron chi connectivity index (χ3n) is 2.78. The van der Waals surface area contributed by atoms with Crippen molar-refractivity contribution >= 4 is 0 Å². The first kappa shape index (κ1) is 14.3. The van der Waals surface area contributed by atoms with Gasteiger partial charge in [-0.15, -0.1) is 0 Å². The summed E-state index contributed by atoms with van der Waals surface area (Å²) in [5.41, 5.74) is 1.06. The van der Waals surface area contributed by atoms with E-state index < -0.39 is 0 Å². The van der Waals surface area contributed by atoms with Crippen molar-refractivity contribution in [3.8, 4) is 17.6 Å². The fraction of sp³-hybridized carbons (Fsp3) is 0.500. The molecule has 0 spiro atoms. The summed E-state index contributed by atoms with van der Waals surface area (Å²) in [5, 5.41) is 12.2. The number of nitriles is 1. The van der Waals surface area contributed by atoms with Crippen molar-refractivity contribution in [1.29, 1.82) is 5.26 Å². The van der Waals surface area contributed by atoms with Gasteiger partial charge in [0.05, 0.1) is 26.3 Å². The second-order valence-electron chi connectivity index (χ2n) is 4.42. The molecule has 0 amide bonds. The van der Waals surface area contributed by atoms with Crippen LogP contribution in [-0.2, 0) is 6.54 Å². The Morgan fingerprint density at radius 2 is 1.89 bits per heavy atom. The second kappa shape index (κ2) is 6.87. The Kier molecular flexibility index (Phi) is 5.47. The number of methoxy groups -OCH3 is 2. The van der Waals surface area contributed by atoms with Gasteiger partial charge >= 0.3 is 0 Å². The molecule has 0 aliphatic heterocycles. The van der Waals surface area contributed by atoms with Gasteiger partial charge < -0.3 is 9.47 Å². The molecule has 1 atom stereocenters. The minimum atomic E-state index is -0.141. The van der Waals surface area contributed by atoms with Crippen molar-refractivity contribution in [1.82, 2.24) is 5.32 Å². The molecule has 1 N–H and O–H groups in total. The first-order valence-electron chi connectivity index (χ1n) is 5.96. The highest BCUT2D eigenvalue weighted by molar-refractivity contribution is 5.42. The van der Waals surface area contributed by atoms with E-state index in [-0.39, 0.29) is 12.0 Å². The van der Waals surface area contributed by atoms with Gasteiger partial charge in [-0.25, -0.2) is 0 Å². The van der Waals surface area contributed by atoms with Gasteiger partial charge in [0.2, 0.25) is 0 Å². The molecule has 0 aromatic heterocycles. The van der Waals surface area contributed by atoms with Crippen molar-refractivity contribution in [2.45, 2.75) is 26.4 Å². The highest BCUT2D eigenvalue weighted by Gasteiger charge is 2.11. The zero-order valence-corrected chi connectivity index (χ0v) is 11.4. The lowest BCUT2D eigenvalue weighted by Gasteiger charge is -2.15. The van der Waals surface area contributed by atoms with Crippen LogP contribution in [0.25, 0.3) is 0 Å². The average Bonchev–Trinajstić information content (AvgIpc) is 2.38. The van der Waals surface area contributed by atoms with E-state index in [4.69, 9.17) is 14.7 Å². The van der Waals surface area contributed by atoms with Gasteiger partial charge in [0.1, 0.15) is 0 Å². The number of hydrogen-bond acceptors (Lipinski definition) is 4. The molecule has 0 aliphatic carbocycles. The smallest absolute Gasteiger partial charge is 0.161 e. The molecule has 0 radical (unpaired) electrons. The van der Waals surface area contributed by atoms with E-state index in [1.54, 1.807) is 14.2 Å². The maximum Gasteiger partial charge on any atom is 0.161 e. The lowest BCUT2D eigenvalue weighted by atomic mass is 10.1. The molecule has 1 rings (SSSR count). The van der Waals surface area contributed by atoms with Crippen LogP contribution in [0.2, 0.25) is 0 Å². The molecule has 0 heterocycles. The monoisotopic (exact) mass is 248 g/mol. The molecule has 1 aromatic rings. The highest BCUT2D eigenvalue weighted by Crippen LogP contribution is 2.27. The Morgan fingerprint density at radius 1 is 1.22 bits per heavy atom. The van der Waals surface area contributed by atoms with Crippen LogP contribution in [0.15, 0.2) is 18.2 Å². The van der Waals surface area contributed by atoms with Gasteiger partial charge in [0.15, 0.2) is 11.5 Å². The first-order valence-corrected chi connectivity index (χ1v) is 5.96. The van der Waals surface area contributed by atoms with Gasteiger partial charge in [-0.3, -0.25) is 5.32 Å². The van der Waals surface area contributed by atoms with E-state index in [2.05, 4.69) is 11.4 Å². The summed E-state index contributed by atoms with van der Waals surface area (Å²) in [6.07, 6.45) is 0. The minimum Gasteiger partial charge on any atom is -0.493 e. The Bertz CT molecular complexity index is 424. The van der Waals surface area contributed by atoms with Crippen LogP contribution in [0.3, 0.4) is 0 Å². The van der Waals surface area contributed by atoms with Gasteiger partial charge in [0.25, 0.3) is 0 Å². The minimum absolute atomic E-state index is 0.141. The zero-order chi connectivity index (χ0) is 13.5. The van der Waals surface area contributed by atoms with E-state index in [1.165, 1.54) is 0 Å². The molecular weight excluding hydrogens is 228 g/mol. The molecule has 0 aliphatic rings. The number of ether oxygens (including phenoxy) is 2. The maximum atomic E-state index is 9.00. The molecular formula is C14H20N2O2. The van der Waals surface area contributed by atoms with Crippen molar-refractivity contribution in [2.75, 3.05) is 14.2 Å². The van der Waals surface area contributed by atoms with Crippen molar-refractivity contribution in [2.24, 2.45) is 5.92 Å². The second-order valence-corrected chi connectivity index (χ2v) is 4.42. The lowest BCUT2D eigenvalue weighted by Crippen LogP contribution is -2.31. The lowest BCUT2D eigenvalue weighted by molar-refractivity contribution is 0.354. The molecule has 1 unspecified atom stereocenters. The molecule has 4 heteroatoms. The van der Waals surface area contributed by atoms with Crippen molar-refractivity contribution in [3.05, 3.63) is 23.8 Å². The van der Waals surface area contributed by atoms with Crippen molar-refractivity contribution < 1.29 is 9.47 Å². The van der Waals surface area contributed by atoms with E-state index in [1.807, 2.05) is 32.0 Å². The Hall–Kier alpha value is -1.73. The summed E-state index contributed by atoms with van der Waals surface area (Å²) in [7, 11) is 3.22. The molecule has 4 nitrogen and oxygen atoms in total. The predicted octanol–water partition coefficient (Wildman–Crippen LogP) is 2.34. The van der Waals surface area contributed by atoms with Crippen LogP contribution in [-0.4, -0.2) is 20.3 Å². The normalized spacial score (nSPS) is 12.0. The number of hydrogen-bond donors (Lipinski definition) is 1. The van der Waals surface area contributed by atoms with Gasteiger partial charge in [-0.2, -0.15) is 5.26 Å². The van der Waals surface area contributed by atoms with E-state index >= 15 is 0 Å². The van der Waals surface area contributed by atoms with Crippen LogP contribution in [0.1, 0.15) is 19.4 Å². The summed E-state index contributed by atoms with van der Waals surface area (Å²) in [4.78, 5) is 0. The van der Waals surface area contributed by atoms with Gasteiger partial charge in [-0.1, -0.05) is 19.9 Å². The molecule has 0 fully saturated rings. The zero-order valence-electron chi connectivity index (χ0n) is 11.4. The molecule has 18 heavy (non-hydrogen) atoms. The first-order chi connectivity index (χ1) is 8.62. The molecule has 0 bridgehead atoms. The molecule has 0 saturated carbocycles. The third kappa shape index (κ3) is 3.64. The van der Waals surface area contributed by atoms with Crippen LogP contribution >= 0.6 is 0 Å². The number of nitrogens with zero attached hydrogens (tertiary/aromatic N) is 1. The SMILES string of the molecule is COc1ccc(CNC(C#N)C(C)C)cc1OC. The topological polar surface area (TPSA) is 54.3 Å². The van der Waals surface area contributed by atoms with Crippen LogP contribution in [0, 0.1) is 17.2 Å². The largest absolute Gasteiger partial charge is 0.493 e. The van der Waals surface area contributed by atoms with Crippen molar-refractivity contribution in [3.63, 3.8) is 0 Å². The summed E-state index contributed by atoms with van der Waals surface area (Å²) in [5.74, 6) is 1.70. The molecule has 0 saturated heterocycles. The van der Waals surface area contributed by atoms with Crippen LogP contribution < -0.4 is 14.8 Å². The number of rotatable bonds is 6. The predicted molar refractivity (Wildman–Crippen MR) is 70.6 cm³/mol. The summed E-state index contributed by atoms with van der Waals surface area (Å²) >= 11 is 0. The average molecular weight is 248 g/mol. The van der Waals surface area contributed by atoms with Crippen LogP contribution in [0.5, 0.6) is 11.5 Å². The third-order valence-corrected chi connectivity index (χ3v) is 2.78. The number of nitrogens with one attached hydrogen (secondary N) is 1. The fourth-order valence-electron chi connectivity index (χ4n) is 1.65. The Labute approximate surface area is 109 Å². The summed E-state index contributed by atoms with van der Waals surface area (Å²) in [6, 6.07) is 7.86. The fourth-order valence-corrected chi connectivity index (χ4v) is 1.65. The maximum absolute atomic E-state index is 9.00. The van der Waals surface area contributed by atoms with Crippen LogP contribution in [0.4, 0.5) is 0 Å². The quantitative estimate of drug-likeness (QED) is 0.839. The van der Waals surface area contributed by atoms with E-state index in [0.29, 0.717) is 18.0 Å².